The largest absolute Gasteiger partial charge is 0.366 e. The molecular formula is C24H28FN3. The second-order valence-corrected chi connectivity index (χ2v) is 6.41. The van der Waals surface area contributed by atoms with E-state index in [-0.39, 0.29) is 5.82 Å². The van der Waals surface area contributed by atoms with E-state index < -0.39 is 0 Å². The van der Waals surface area contributed by atoms with Crippen molar-refractivity contribution in [2.24, 2.45) is 0 Å². The number of benzene rings is 2. The van der Waals surface area contributed by atoms with E-state index >= 15 is 0 Å². The lowest BCUT2D eigenvalue weighted by molar-refractivity contribution is 0.627. The molecule has 0 spiro atoms. The van der Waals surface area contributed by atoms with Gasteiger partial charge in [-0.3, -0.25) is 0 Å². The van der Waals surface area contributed by atoms with Crippen molar-refractivity contribution < 1.29 is 4.39 Å². The van der Waals surface area contributed by atoms with Crippen molar-refractivity contribution in [1.29, 1.82) is 0 Å². The van der Waals surface area contributed by atoms with Crippen LogP contribution in [-0.2, 0) is 6.54 Å². The van der Waals surface area contributed by atoms with Gasteiger partial charge in [0.05, 0.1) is 5.69 Å². The van der Waals surface area contributed by atoms with E-state index in [2.05, 4.69) is 46.5 Å². The molecule has 3 rings (SSSR count). The molecule has 1 heterocycles. The average Bonchev–Trinajstić information content (AvgIpc) is 2.72. The van der Waals surface area contributed by atoms with Gasteiger partial charge >= 0.3 is 0 Å². The Morgan fingerprint density at radius 1 is 0.964 bits per heavy atom. The summed E-state index contributed by atoms with van der Waals surface area (Å²) in [6, 6.07) is 14.9. The molecule has 3 nitrogen and oxygen atoms in total. The minimum absolute atomic E-state index is 0.234. The molecule has 0 radical (unpaired) electrons. The summed E-state index contributed by atoms with van der Waals surface area (Å²) in [7, 11) is 0. The van der Waals surface area contributed by atoms with Crippen molar-refractivity contribution in [3.63, 3.8) is 0 Å². The van der Waals surface area contributed by atoms with Gasteiger partial charge in [-0.15, -0.1) is 0 Å². The van der Waals surface area contributed by atoms with Gasteiger partial charge in [0.2, 0.25) is 0 Å². The lowest BCUT2D eigenvalue weighted by Crippen LogP contribution is -2.05. The third-order valence-corrected chi connectivity index (χ3v) is 4.36. The number of allylic oxidation sites excluding steroid dienone is 1. The van der Waals surface area contributed by atoms with Gasteiger partial charge in [0.25, 0.3) is 0 Å². The highest BCUT2D eigenvalue weighted by molar-refractivity contribution is 5.80. The van der Waals surface area contributed by atoms with Gasteiger partial charge in [0, 0.05) is 12.1 Å². The van der Waals surface area contributed by atoms with Crippen LogP contribution in [0.15, 0.2) is 54.9 Å². The molecule has 0 atom stereocenters. The summed E-state index contributed by atoms with van der Waals surface area (Å²) in [5, 5.41) is 3.38. The maximum Gasteiger partial charge on any atom is 0.133 e. The Kier molecular flexibility index (Phi) is 7.88. The number of rotatable bonds is 5. The molecule has 0 amide bonds. The van der Waals surface area contributed by atoms with Gasteiger partial charge in [-0.1, -0.05) is 55.8 Å². The first-order valence-electron chi connectivity index (χ1n) is 9.58. The predicted molar refractivity (Wildman–Crippen MR) is 117 cm³/mol. The molecule has 0 saturated carbocycles. The minimum atomic E-state index is -0.234. The molecule has 3 aromatic rings. The highest BCUT2D eigenvalue weighted by Gasteiger charge is 2.06. The van der Waals surface area contributed by atoms with E-state index in [1.54, 1.807) is 18.5 Å². The van der Waals surface area contributed by atoms with Crippen molar-refractivity contribution in [2.75, 3.05) is 5.32 Å². The second kappa shape index (κ2) is 10.4. The van der Waals surface area contributed by atoms with Crippen LogP contribution in [0.1, 0.15) is 48.7 Å². The van der Waals surface area contributed by atoms with Gasteiger partial charge < -0.3 is 5.32 Å². The predicted octanol–water partition coefficient (Wildman–Crippen LogP) is 6.43. The Labute approximate surface area is 167 Å². The standard InChI is InChI=1S/C22H22FN3.C2H6/c1-15-4-6-18(7-5-15)13-24-22-17(3)21(25-14-26-22)12-16(2)19-8-10-20(23)11-9-19;1-2/h4-12,14H,13H2,1-3H3,(H,24,25,26);1-2H3/b16-12+;. The van der Waals surface area contributed by atoms with Crippen molar-refractivity contribution >= 4 is 17.5 Å². The second-order valence-electron chi connectivity index (χ2n) is 6.41. The summed E-state index contributed by atoms with van der Waals surface area (Å²) in [5.74, 6) is 0.584. The maximum atomic E-state index is 13.1. The molecular weight excluding hydrogens is 349 g/mol. The van der Waals surface area contributed by atoms with E-state index in [9.17, 15) is 4.39 Å². The zero-order valence-corrected chi connectivity index (χ0v) is 17.3. The van der Waals surface area contributed by atoms with Crippen molar-refractivity contribution in [2.45, 2.75) is 41.2 Å². The van der Waals surface area contributed by atoms with Gasteiger partial charge in [-0.05, 0) is 55.7 Å². The van der Waals surface area contributed by atoms with Crippen LogP contribution in [0, 0.1) is 19.7 Å². The summed E-state index contributed by atoms with van der Waals surface area (Å²) in [6.45, 7) is 10.8. The van der Waals surface area contributed by atoms with Crippen molar-refractivity contribution in [1.82, 2.24) is 9.97 Å². The first-order valence-corrected chi connectivity index (χ1v) is 9.58. The number of aryl methyl sites for hydroxylation is 1. The van der Waals surface area contributed by atoms with Crippen LogP contribution in [0.25, 0.3) is 11.6 Å². The Hall–Kier alpha value is -3.01. The van der Waals surface area contributed by atoms with E-state index in [0.717, 1.165) is 28.2 Å². The first kappa shape index (κ1) is 21.3. The van der Waals surface area contributed by atoms with Gasteiger partial charge in [-0.25, -0.2) is 14.4 Å². The number of nitrogens with zero attached hydrogens (tertiary/aromatic N) is 2. The monoisotopic (exact) mass is 377 g/mol. The van der Waals surface area contributed by atoms with Crippen molar-refractivity contribution in [3.05, 3.63) is 88.6 Å². The zero-order chi connectivity index (χ0) is 20.5. The SMILES string of the molecule is C/C(=C\c1ncnc(NCc2ccc(C)cc2)c1C)c1ccc(F)cc1.CC. The molecule has 1 N–H and O–H groups in total. The van der Waals surface area contributed by atoms with Crippen molar-refractivity contribution in [3.8, 4) is 0 Å². The van der Waals surface area contributed by atoms with Crippen LogP contribution in [-0.4, -0.2) is 9.97 Å². The Bertz CT molecular complexity index is 914. The summed E-state index contributed by atoms with van der Waals surface area (Å²) in [6.07, 6.45) is 3.57. The molecule has 0 aliphatic carbocycles. The molecule has 0 fully saturated rings. The minimum Gasteiger partial charge on any atom is -0.366 e. The van der Waals surface area contributed by atoms with Gasteiger partial charge in [-0.2, -0.15) is 0 Å². The van der Waals surface area contributed by atoms with Crippen LogP contribution < -0.4 is 5.32 Å². The smallest absolute Gasteiger partial charge is 0.133 e. The Balaban J connectivity index is 0.00000136. The maximum absolute atomic E-state index is 13.1. The van der Waals surface area contributed by atoms with E-state index in [0.29, 0.717) is 6.54 Å². The number of anilines is 1. The summed E-state index contributed by atoms with van der Waals surface area (Å²) < 4.78 is 13.1. The van der Waals surface area contributed by atoms with Crippen LogP contribution in [0.5, 0.6) is 0 Å². The number of nitrogens with one attached hydrogen (secondary N) is 1. The molecule has 146 valence electrons. The van der Waals surface area contributed by atoms with Gasteiger partial charge in [0.1, 0.15) is 18.0 Å². The lowest BCUT2D eigenvalue weighted by Gasteiger charge is -2.11. The molecule has 0 unspecified atom stereocenters. The number of hydrogen-bond acceptors (Lipinski definition) is 3. The molecule has 2 aromatic carbocycles. The van der Waals surface area contributed by atoms with Gasteiger partial charge in [0.15, 0.2) is 0 Å². The third kappa shape index (κ3) is 5.74. The van der Waals surface area contributed by atoms with E-state index in [1.165, 1.54) is 23.3 Å². The Morgan fingerprint density at radius 3 is 2.25 bits per heavy atom. The fourth-order valence-corrected chi connectivity index (χ4v) is 2.68. The molecule has 1 aromatic heterocycles. The van der Waals surface area contributed by atoms with Crippen LogP contribution >= 0.6 is 0 Å². The first-order chi connectivity index (χ1) is 13.5. The fraction of sp³-hybridized carbons (Fsp3) is 0.250. The van der Waals surface area contributed by atoms with E-state index in [1.807, 2.05) is 33.8 Å². The third-order valence-electron chi connectivity index (χ3n) is 4.36. The Morgan fingerprint density at radius 2 is 1.61 bits per heavy atom. The summed E-state index contributed by atoms with van der Waals surface area (Å²) >= 11 is 0. The molecule has 0 aliphatic rings. The average molecular weight is 378 g/mol. The highest BCUT2D eigenvalue weighted by Crippen LogP contribution is 2.21. The van der Waals surface area contributed by atoms with E-state index in [4.69, 9.17) is 0 Å². The zero-order valence-electron chi connectivity index (χ0n) is 17.3. The number of halogens is 1. The molecule has 0 saturated heterocycles. The quantitative estimate of drug-likeness (QED) is 0.556. The molecule has 0 aliphatic heterocycles. The summed E-state index contributed by atoms with van der Waals surface area (Å²) in [4.78, 5) is 8.75. The topological polar surface area (TPSA) is 37.8 Å². The number of hydrogen-bond donors (Lipinski definition) is 1. The van der Waals surface area contributed by atoms with Crippen LogP contribution in [0.4, 0.5) is 10.2 Å². The number of aromatic nitrogens is 2. The molecule has 0 bridgehead atoms. The van der Waals surface area contributed by atoms with Crippen LogP contribution in [0.3, 0.4) is 0 Å². The normalized spacial score (nSPS) is 10.9. The lowest BCUT2D eigenvalue weighted by atomic mass is 10.0. The fourth-order valence-electron chi connectivity index (χ4n) is 2.68. The summed E-state index contributed by atoms with van der Waals surface area (Å²) in [5.41, 5.74) is 6.29. The molecule has 4 heteroatoms. The van der Waals surface area contributed by atoms with Crippen LogP contribution in [0.2, 0.25) is 0 Å². The highest BCUT2D eigenvalue weighted by atomic mass is 19.1. The molecule has 28 heavy (non-hydrogen) atoms.